The van der Waals surface area contributed by atoms with Crippen LogP contribution in [-0.2, 0) is 11.8 Å². The molecule has 0 saturated carbocycles. The van der Waals surface area contributed by atoms with E-state index in [4.69, 9.17) is 39.9 Å². The van der Waals surface area contributed by atoms with Crippen LogP contribution in [0.25, 0.3) is 0 Å². The summed E-state index contributed by atoms with van der Waals surface area (Å²) < 4.78 is 5.30. The van der Waals surface area contributed by atoms with E-state index in [2.05, 4.69) is 31.2 Å². The number of rotatable bonds is 3. The molecule has 0 atom stereocenters. The van der Waals surface area contributed by atoms with E-state index in [0.717, 1.165) is 11.3 Å². The highest BCUT2D eigenvalue weighted by Gasteiger charge is 2.20. The van der Waals surface area contributed by atoms with E-state index in [1.165, 1.54) is 0 Å². The first-order valence-electron chi connectivity index (χ1n) is 6.46. The number of halogens is 2. The van der Waals surface area contributed by atoms with Crippen LogP contribution in [0.1, 0.15) is 32.1 Å². The van der Waals surface area contributed by atoms with Crippen LogP contribution in [0.4, 0.5) is 5.82 Å². The van der Waals surface area contributed by atoms with E-state index in [1.54, 1.807) is 12.1 Å². The Morgan fingerprint density at radius 2 is 2.00 bits per heavy atom. The van der Waals surface area contributed by atoms with Crippen molar-refractivity contribution in [2.24, 2.45) is 0 Å². The summed E-state index contributed by atoms with van der Waals surface area (Å²) in [6.07, 6.45) is 0.517. The zero-order chi connectivity index (χ0) is 15.6. The maximum absolute atomic E-state index is 6.13. The van der Waals surface area contributed by atoms with Crippen molar-refractivity contribution in [1.29, 1.82) is 0 Å². The van der Waals surface area contributed by atoms with Gasteiger partial charge in [0.1, 0.15) is 5.76 Å². The molecule has 21 heavy (non-hydrogen) atoms. The second kappa shape index (κ2) is 6.34. The minimum absolute atomic E-state index is 0.0892. The van der Waals surface area contributed by atoms with Crippen molar-refractivity contribution in [1.82, 2.24) is 5.16 Å². The summed E-state index contributed by atoms with van der Waals surface area (Å²) in [5.41, 5.74) is 0.826. The van der Waals surface area contributed by atoms with Gasteiger partial charge in [-0.2, -0.15) is 0 Å². The van der Waals surface area contributed by atoms with Crippen molar-refractivity contribution in [3.63, 3.8) is 0 Å². The van der Waals surface area contributed by atoms with E-state index in [1.807, 2.05) is 12.1 Å². The molecule has 2 rings (SSSR count). The third-order valence-electron chi connectivity index (χ3n) is 2.88. The van der Waals surface area contributed by atoms with Gasteiger partial charge in [0, 0.05) is 27.9 Å². The molecule has 1 N–H and O–H groups in total. The Morgan fingerprint density at radius 1 is 1.29 bits per heavy atom. The number of nitrogens with one attached hydrogen (secondary N) is 1. The van der Waals surface area contributed by atoms with Crippen LogP contribution < -0.4 is 5.32 Å². The molecule has 0 amide bonds. The SMILES string of the molecule is CC(C)(C)c1cc(NC(=S)Cc2ccc(Cl)cc2Cl)no1. The normalized spacial score (nSPS) is 11.5. The number of hydrogen-bond donors (Lipinski definition) is 1. The summed E-state index contributed by atoms with van der Waals surface area (Å²) in [6, 6.07) is 7.21. The van der Waals surface area contributed by atoms with Crippen molar-refractivity contribution in [3.05, 3.63) is 45.6 Å². The Morgan fingerprint density at radius 3 is 2.57 bits per heavy atom. The topological polar surface area (TPSA) is 38.1 Å². The van der Waals surface area contributed by atoms with Gasteiger partial charge in [0.05, 0.1) is 4.99 Å². The van der Waals surface area contributed by atoms with Gasteiger partial charge >= 0.3 is 0 Å². The van der Waals surface area contributed by atoms with Gasteiger partial charge in [0.25, 0.3) is 0 Å². The third kappa shape index (κ3) is 4.43. The Kier molecular flexibility index (Phi) is 4.91. The van der Waals surface area contributed by atoms with E-state index in [-0.39, 0.29) is 5.41 Å². The molecule has 0 bridgehead atoms. The number of nitrogens with zero attached hydrogens (tertiary/aromatic N) is 1. The maximum atomic E-state index is 6.13. The Balaban J connectivity index is 2.03. The van der Waals surface area contributed by atoms with Crippen LogP contribution in [0.15, 0.2) is 28.8 Å². The molecule has 0 saturated heterocycles. The van der Waals surface area contributed by atoms with Crippen molar-refractivity contribution in [3.8, 4) is 0 Å². The molecule has 0 radical (unpaired) electrons. The summed E-state index contributed by atoms with van der Waals surface area (Å²) in [5.74, 6) is 1.41. The molecule has 0 fully saturated rings. The quantitative estimate of drug-likeness (QED) is 0.772. The van der Waals surface area contributed by atoms with Gasteiger partial charge in [-0.15, -0.1) is 0 Å². The minimum Gasteiger partial charge on any atom is -0.359 e. The van der Waals surface area contributed by atoms with Gasteiger partial charge in [-0.1, -0.05) is 67.4 Å². The largest absolute Gasteiger partial charge is 0.359 e. The average molecular weight is 343 g/mol. The molecule has 0 aliphatic rings. The first-order chi connectivity index (χ1) is 9.75. The predicted octanol–water partition coefficient (Wildman–Crippen LogP) is 5.26. The summed E-state index contributed by atoms with van der Waals surface area (Å²) in [7, 11) is 0. The van der Waals surface area contributed by atoms with Crippen LogP contribution in [-0.4, -0.2) is 10.1 Å². The number of thiocarbonyl (C=S) groups is 1. The molecule has 2 aromatic rings. The molecule has 0 aliphatic carbocycles. The molecule has 0 aliphatic heterocycles. The van der Waals surface area contributed by atoms with E-state index in [0.29, 0.717) is 27.3 Å². The number of benzene rings is 1. The lowest BCUT2D eigenvalue weighted by molar-refractivity contribution is 0.331. The summed E-state index contributed by atoms with van der Waals surface area (Å²) in [4.78, 5) is 0.619. The second-order valence-electron chi connectivity index (χ2n) is 5.79. The molecule has 112 valence electrons. The third-order valence-corrected chi connectivity index (χ3v) is 3.72. The van der Waals surface area contributed by atoms with Gasteiger partial charge in [-0.05, 0) is 17.7 Å². The molecule has 1 aromatic carbocycles. The Labute approximate surface area is 139 Å². The van der Waals surface area contributed by atoms with Crippen molar-refractivity contribution in [2.75, 3.05) is 5.32 Å². The number of anilines is 1. The smallest absolute Gasteiger partial charge is 0.174 e. The lowest BCUT2D eigenvalue weighted by atomic mass is 9.93. The van der Waals surface area contributed by atoms with Gasteiger partial charge in [-0.25, -0.2) is 0 Å². The van der Waals surface area contributed by atoms with Crippen molar-refractivity contribution in [2.45, 2.75) is 32.6 Å². The molecule has 1 heterocycles. The zero-order valence-electron chi connectivity index (χ0n) is 12.0. The monoisotopic (exact) mass is 342 g/mol. The Bertz CT molecular complexity index is 662. The van der Waals surface area contributed by atoms with Crippen LogP contribution in [0.2, 0.25) is 10.0 Å². The fourth-order valence-corrected chi connectivity index (χ4v) is 2.45. The zero-order valence-corrected chi connectivity index (χ0v) is 14.4. The molecular weight excluding hydrogens is 327 g/mol. The lowest BCUT2D eigenvalue weighted by Crippen LogP contribution is -2.13. The highest BCUT2D eigenvalue weighted by molar-refractivity contribution is 7.80. The highest BCUT2D eigenvalue weighted by Crippen LogP contribution is 2.25. The standard InChI is InChI=1S/C15H16Cl2N2OS/c1-15(2,3)12-8-13(19-20-12)18-14(21)6-9-4-5-10(16)7-11(9)17/h4-5,7-8H,6H2,1-3H3,(H,18,19,21). The van der Waals surface area contributed by atoms with Crippen LogP contribution in [0.5, 0.6) is 0 Å². The molecule has 3 nitrogen and oxygen atoms in total. The number of hydrogen-bond acceptors (Lipinski definition) is 3. The summed E-state index contributed by atoms with van der Waals surface area (Å²) in [6.45, 7) is 6.18. The molecule has 0 unspecified atom stereocenters. The highest BCUT2D eigenvalue weighted by atomic mass is 35.5. The molecule has 6 heteroatoms. The van der Waals surface area contributed by atoms with Gasteiger partial charge < -0.3 is 9.84 Å². The fourth-order valence-electron chi connectivity index (χ4n) is 1.71. The van der Waals surface area contributed by atoms with E-state index >= 15 is 0 Å². The minimum atomic E-state index is -0.0892. The fraction of sp³-hybridized carbons (Fsp3) is 0.333. The summed E-state index contributed by atoms with van der Waals surface area (Å²) in [5, 5.41) is 8.24. The second-order valence-corrected chi connectivity index (χ2v) is 7.12. The van der Waals surface area contributed by atoms with Crippen molar-refractivity contribution >= 4 is 46.2 Å². The van der Waals surface area contributed by atoms with Crippen molar-refractivity contribution < 1.29 is 4.52 Å². The first kappa shape index (κ1) is 16.3. The van der Waals surface area contributed by atoms with Gasteiger partial charge in [-0.3, -0.25) is 0 Å². The first-order valence-corrected chi connectivity index (χ1v) is 7.63. The molecule has 1 aromatic heterocycles. The van der Waals surface area contributed by atoms with Gasteiger partial charge in [0.15, 0.2) is 5.82 Å². The number of aromatic nitrogens is 1. The van der Waals surface area contributed by atoms with Gasteiger partial charge in [0.2, 0.25) is 0 Å². The predicted molar refractivity (Wildman–Crippen MR) is 91.6 cm³/mol. The van der Waals surface area contributed by atoms with E-state index in [9.17, 15) is 0 Å². The molecular formula is C15H16Cl2N2OS. The lowest BCUT2D eigenvalue weighted by Gasteiger charge is -2.12. The maximum Gasteiger partial charge on any atom is 0.174 e. The Hall–Kier alpha value is -1.10. The van der Waals surface area contributed by atoms with Crippen LogP contribution in [0.3, 0.4) is 0 Å². The van der Waals surface area contributed by atoms with E-state index < -0.39 is 0 Å². The average Bonchev–Trinajstić information content (AvgIpc) is 2.81. The van der Waals surface area contributed by atoms with Crippen LogP contribution in [0, 0.1) is 0 Å². The molecule has 0 spiro atoms. The van der Waals surface area contributed by atoms with Crippen LogP contribution >= 0.6 is 35.4 Å². The summed E-state index contributed by atoms with van der Waals surface area (Å²) >= 11 is 17.3.